The number of carbonyl (C=O) groups is 1. The summed E-state index contributed by atoms with van der Waals surface area (Å²) in [6.45, 7) is 2.13. The zero-order chi connectivity index (χ0) is 17.8. The van der Waals surface area contributed by atoms with Crippen LogP contribution in [0, 0.1) is 0 Å². The van der Waals surface area contributed by atoms with Crippen molar-refractivity contribution in [3.63, 3.8) is 0 Å². The molecule has 132 valence electrons. The predicted octanol–water partition coefficient (Wildman–Crippen LogP) is 4.11. The van der Waals surface area contributed by atoms with Gasteiger partial charge < -0.3 is 19.5 Å². The summed E-state index contributed by atoms with van der Waals surface area (Å²) < 4.78 is 8.02. The average Bonchev–Trinajstić information content (AvgIpc) is 3.01. The number of hydrogen-bond donors (Lipinski definition) is 1. The lowest BCUT2D eigenvalue weighted by molar-refractivity contribution is 0.210. The molecule has 26 heavy (non-hydrogen) atoms. The van der Waals surface area contributed by atoms with Gasteiger partial charge in [-0.2, -0.15) is 0 Å². The molecule has 2 heterocycles. The fourth-order valence-electron chi connectivity index (χ4n) is 3.03. The Hall–Kier alpha value is -3.28. The molecule has 1 aliphatic heterocycles. The van der Waals surface area contributed by atoms with Gasteiger partial charge in [0, 0.05) is 19.3 Å². The van der Waals surface area contributed by atoms with Gasteiger partial charge >= 0.3 is 6.03 Å². The highest BCUT2D eigenvalue weighted by molar-refractivity contribution is 5.91. The van der Waals surface area contributed by atoms with Gasteiger partial charge in [0.05, 0.1) is 24.3 Å². The average molecular weight is 348 g/mol. The van der Waals surface area contributed by atoms with Crippen LogP contribution in [0.3, 0.4) is 0 Å². The predicted molar refractivity (Wildman–Crippen MR) is 99.2 cm³/mol. The molecule has 0 bridgehead atoms. The fraction of sp³-hybridized carbons (Fsp3) is 0.200. The molecule has 1 aliphatic rings. The highest BCUT2D eigenvalue weighted by atomic mass is 16.5. The van der Waals surface area contributed by atoms with Crippen LogP contribution in [-0.4, -0.2) is 27.0 Å². The third-order valence-corrected chi connectivity index (χ3v) is 4.37. The van der Waals surface area contributed by atoms with Crippen LogP contribution in [0.5, 0.6) is 11.5 Å². The van der Waals surface area contributed by atoms with E-state index in [1.54, 1.807) is 4.90 Å². The summed E-state index contributed by atoms with van der Waals surface area (Å²) in [7, 11) is 0. The number of imidazole rings is 1. The van der Waals surface area contributed by atoms with Gasteiger partial charge in [0.25, 0.3) is 0 Å². The second kappa shape index (κ2) is 7.31. The molecule has 4 rings (SSSR count). The van der Waals surface area contributed by atoms with E-state index in [9.17, 15) is 4.79 Å². The van der Waals surface area contributed by atoms with E-state index in [2.05, 4.69) is 14.9 Å². The largest absolute Gasteiger partial charge is 0.455 e. The van der Waals surface area contributed by atoms with E-state index in [-0.39, 0.29) is 6.03 Å². The lowest BCUT2D eigenvalue weighted by Gasteiger charge is -2.21. The Kier molecular flexibility index (Phi) is 4.55. The maximum Gasteiger partial charge on any atom is 0.322 e. The minimum atomic E-state index is -0.135. The number of urea groups is 1. The number of para-hydroxylation sites is 3. The van der Waals surface area contributed by atoms with Crippen molar-refractivity contribution in [2.24, 2.45) is 0 Å². The van der Waals surface area contributed by atoms with Crippen LogP contribution in [0.2, 0.25) is 0 Å². The van der Waals surface area contributed by atoms with Gasteiger partial charge in [-0.05, 0) is 30.7 Å². The Morgan fingerprint density at radius 1 is 1.04 bits per heavy atom. The highest BCUT2D eigenvalue weighted by Gasteiger charge is 2.20. The lowest BCUT2D eigenvalue weighted by Crippen LogP contribution is -2.34. The van der Waals surface area contributed by atoms with E-state index < -0.39 is 0 Å². The van der Waals surface area contributed by atoms with Crippen molar-refractivity contribution in [2.75, 3.05) is 11.9 Å². The number of rotatable bonds is 3. The summed E-state index contributed by atoms with van der Waals surface area (Å²) in [4.78, 5) is 18.8. The van der Waals surface area contributed by atoms with Gasteiger partial charge in [0.1, 0.15) is 5.75 Å². The molecule has 6 heteroatoms. The van der Waals surface area contributed by atoms with Crippen LogP contribution >= 0.6 is 0 Å². The van der Waals surface area contributed by atoms with Crippen molar-refractivity contribution in [2.45, 2.75) is 19.5 Å². The minimum Gasteiger partial charge on any atom is -0.455 e. The second-order valence-electron chi connectivity index (χ2n) is 6.19. The Morgan fingerprint density at radius 2 is 1.85 bits per heavy atom. The van der Waals surface area contributed by atoms with Gasteiger partial charge in [0.15, 0.2) is 5.75 Å². The van der Waals surface area contributed by atoms with E-state index in [0.717, 1.165) is 24.4 Å². The summed E-state index contributed by atoms with van der Waals surface area (Å²) in [6.07, 6.45) is 4.54. The van der Waals surface area contributed by atoms with Crippen molar-refractivity contribution in [3.8, 4) is 11.5 Å². The molecule has 0 saturated carbocycles. The number of nitrogens with zero attached hydrogens (tertiary/aromatic N) is 3. The van der Waals surface area contributed by atoms with Gasteiger partial charge in [-0.25, -0.2) is 9.78 Å². The van der Waals surface area contributed by atoms with Gasteiger partial charge in [-0.15, -0.1) is 0 Å². The molecule has 0 unspecified atom stereocenters. The molecule has 0 aliphatic carbocycles. The molecule has 1 N–H and O–H groups in total. The monoisotopic (exact) mass is 348 g/mol. The molecule has 0 saturated heterocycles. The maximum atomic E-state index is 12.8. The van der Waals surface area contributed by atoms with Crippen molar-refractivity contribution in [3.05, 3.63) is 72.8 Å². The number of nitrogens with one attached hydrogen (secondary N) is 1. The van der Waals surface area contributed by atoms with Crippen LogP contribution in [0.4, 0.5) is 10.5 Å². The molecule has 0 spiro atoms. The van der Waals surface area contributed by atoms with Crippen LogP contribution in [-0.2, 0) is 13.1 Å². The molecule has 0 fully saturated rings. The third kappa shape index (κ3) is 3.54. The normalized spacial score (nSPS) is 13.6. The van der Waals surface area contributed by atoms with E-state index in [4.69, 9.17) is 4.74 Å². The topological polar surface area (TPSA) is 59.4 Å². The van der Waals surface area contributed by atoms with Crippen molar-refractivity contribution in [1.82, 2.24) is 14.5 Å². The van der Waals surface area contributed by atoms with Gasteiger partial charge in [-0.3, -0.25) is 0 Å². The van der Waals surface area contributed by atoms with Crippen molar-refractivity contribution < 1.29 is 9.53 Å². The number of amides is 2. The third-order valence-electron chi connectivity index (χ3n) is 4.37. The smallest absolute Gasteiger partial charge is 0.322 e. The molecule has 6 nitrogen and oxygen atoms in total. The van der Waals surface area contributed by atoms with E-state index in [1.165, 1.54) is 0 Å². The number of hydrogen-bond acceptors (Lipinski definition) is 3. The lowest BCUT2D eigenvalue weighted by atomic mass is 10.3. The Bertz CT molecular complexity index is 892. The molecule has 0 radical (unpaired) electrons. The number of benzene rings is 2. The van der Waals surface area contributed by atoms with Crippen molar-refractivity contribution >= 4 is 11.7 Å². The van der Waals surface area contributed by atoms with Gasteiger partial charge in [-0.1, -0.05) is 30.3 Å². The molecule has 3 aromatic rings. The summed E-state index contributed by atoms with van der Waals surface area (Å²) in [5.74, 6) is 1.35. The highest BCUT2D eigenvalue weighted by Crippen LogP contribution is 2.29. The SMILES string of the molecule is O=C(Nc1ccccc1Oc1ccccc1)N1CCCn2cncc2C1. The quantitative estimate of drug-likeness (QED) is 0.775. The number of aromatic nitrogens is 2. The summed E-state index contributed by atoms with van der Waals surface area (Å²) in [5, 5.41) is 2.98. The summed E-state index contributed by atoms with van der Waals surface area (Å²) in [6, 6.07) is 16.9. The standard InChI is InChI=1S/C20H20N4O2/c25-20(23-11-6-12-24-15-21-13-16(24)14-23)22-18-9-4-5-10-19(18)26-17-7-2-1-3-8-17/h1-5,7-10,13,15H,6,11-12,14H2,(H,22,25). The molecular formula is C20H20N4O2. The van der Waals surface area contributed by atoms with Gasteiger partial charge in [0.2, 0.25) is 0 Å². The first-order valence-electron chi connectivity index (χ1n) is 8.66. The summed E-state index contributed by atoms with van der Waals surface area (Å²) in [5.41, 5.74) is 1.70. The molecule has 1 aromatic heterocycles. The van der Waals surface area contributed by atoms with Crippen LogP contribution in [0.15, 0.2) is 67.1 Å². The first-order valence-corrected chi connectivity index (χ1v) is 8.66. The number of ether oxygens (including phenoxy) is 1. The summed E-state index contributed by atoms with van der Waals surface area (Å²) >= 11 is 0. The maximum absolute atomic E-state index is 12.8. The number of fused-ring (bicyclic) bond motifs is 1. The van der Waals surface area contributed by atoms with Crippen LogP contribution in [0.25, 0.3) is 0 Å². The first-order chi connectivity index (χ1) is 12.8. The van der Waals surface area contributed by atoms with E-state index >= 15 is 0 Å². The first kappa shape index (κ1) is 16.2. The van der Waals surface area contributed by atoms with Crippen molar-refractivity contribution in [1.29, 1.82) is 0 Å². The second-order valence-corrected chi connectivity index (χ2v) is 6.19. The van der Waals surface area contributed by atoms with E-state index in [1.807, 2.05) is 67.1 Å². The van der Waals surface area contributed by atoms with Crippen LogP contribution in [0.1, 0.15) is 12.1 Å². The Labute approximate surface area is 152 Å². The zero-order valence-electron chi connectivity index (χ0n) is 14.3. The number of anilines is 1. The molecule has 2 amide bonds. The van der Waals surface area contributed by atoms with Crippen LogP contribution < -0.4 is 10.1 Å². The molecular weight excluding hydrogens is 328 g/mol. The minimum absolute atomic E-state index is 0.135. The molecule has 0 atom stereocenters. The Morgan fingerprint density at radius 3 is 2.73 bits per heavy atom. The number of carbonyl (C=O) groups excluding carboxylic acids is 1. The Balaban J connectivity index is 1.49. The fourth-order valence-corrected chi connectivity index (χ4v) is 3.03. The number of aryl methyl sites for hydroxylation is 1. The zero-order valence-corrected chi connectivity index (χ0v) is 14.3. The van der Waals surface area contributed by atoms with E-state index in [0.29, 0.717) is 24.5 Å². The molecule has 2 aromatic carbocycles.